The van der Waals surface area contributed by atoms with Gasteiger partial charge in [0.15, 0.2) is 4.90 Å². The van der Waals surface area contributed by atoms with Crippen molar-refractivity contribution in [2.75, 3.05) is 31.4 Å². The molecule has 0 unspecified atom stereocenters. The Morgan fingerprint density at radius 1 is 0.467 bits per heavy atom. The SMILES string of the molecule is CC(C)(P(=O)(O)O)P(=O)(O)O.CC(O)(P(=O)(O)O)P(=O)(O)O.O=P(O)(O)CC(CN(CP(=O)(O)O)CP(=O)(O)O)CP(=O)(O)O. The van der Waals surface area contributed by atoms with Gasteiger partial charge in [-0.15, -0.1) is 0 Å². The van der Waals surface area contributed by atoms with Gasteiger partial charge < -0.3 is 83.4 Å². The molecule has 0 atom stereocenters. The smallest absolute Gasteiger partial charge is 0.368 e. The third kappa shape index (κ3) is 22.5. The summed E-state index contributed by atoms with van der Waals surface area (Å²) in [4.78, 5) is 136. The highest BCUT2D eigenvalue weighted by Gasteiger charge is 2.55. The molecule has 276 valence electrons. The predicted molar refractivity (Wildman–Crippen MR) is 151 cm³/mol. The Kier molecular flexibility index (Phi) is 18.9. The highest BCUT2D eigenvalue weighted by atomic mass is 31.2. The Balaban J connectivity index is -0.000000667. The van der Waals surface area contributed by atoms with E-state index >= 15 is 0 Å². The molecule has 0 amide bonds. The Labute approximate surface area is 253 Å². The number of nitrogens with zero attached hydrogens (tertiary/aromatic N) is 1. The van der Waals surface area contributed by atoms with Crippen LogP contribution in [0.25, 0.3) is 0 Å². The molecule has 0 aromatic carbocycles. The molecule has 0 saturated carbocycles. The maximum Gasteiger partial charge on any atom is 0.369 e. The fraction of sp³-hybridized carbons (Fsp3) is 1.00. The monoisotopic (exact) mass is 831 g/mol. The molecule has 34 heteroatoms. The summed E-state index contributed by atoms with van der Waals surface area (Å²) in [5, 5.41) is 5.37. The minimum atomic E-state index is -5.20. The molecule has 0 aliphatic rings. The van der Waals surface area contributed by atoms with E-state index in [1.165, 1.54) is 0 Å². The van der Waals surface area contributed by atoms with Crippen molar-refractivity contribution < 1.29 is 120 Å². The van der Waals surface area contributed by atoms with E-state index in [4.69, 9.17) is 83.4 Å². The van der Waals surface area contributed by atoms with Crippen LogP contribution in [0.3, 0.4) is 0 Å². The molecule has 0 radical (unpaired) electrons. The maximum absolute atomic E-state index is 11.0. The molecule has 0 aliphatic carbocycles. The number of hydrogen-bond acceptors (Lipinski definition) is 10. The molecule has 0 bridgehead atoms. The van der Waals surface area contributed by atoms with Gasteiger partial charge in [0.05, 0.1) is 12.3 Å². The second kappa shape index (κ2) is 16.9. The van der Waals surface area contributed by atoms with Gasteiger partial charge in [-0.3, -0.25) is 41.4 Å². The Hall–Kier alpha value is 1.12. The standard InChI is InChI=1S/C6H19NO12P4.C3H10O6P2.C2H8O7P2/c8-20(9,10)2-6(3-21(11,12)13)1-7(4-22(14,15)16)5-23(17,18)19;1-3(2,10(4,5)6)11(7,8)9;1-2(3,10(4,5)6)11(7,8)9/h6H,1-5H2,(H2,8,9,10)(H2,11,12,13)(H2,14,15,16)(H2,17,18,19);1-2H3,(H2,4,5,6)(H2,7,8,9);3H,1H3,(H2,4,5,6)(H2,7,8,9). The van der Waals surface area contributed by atoms with E-state index in [2.05, 4.69) is 0 Å². The van der Waals surface area contributed by atoms with E-state index in [9.17, 15) is 36.5 Å². The van der Waals surface area contributed by atoms with E-state index in [1.807, 2.05) is 0 Å². The summed E-state index contributed by atoms with van der Waals surface area (Å²) in [5.74, 6) is -1.44. The van der Waals surface area contributed by atoms with Crippen LogP contribution in [0.5, 0.6) is 0 Å². The number of hydrogen-bond donors (Lipinski definition) is 17. The number of aliphatic hydroxyl groups is 1. The third-order valence-corrected chi connectivity index (χ3v) is 16.5. The van der Waals surface area contributed by atoms with Crippen LogP contribution >= 0.6 is 60.8 Å². The van der Waals surface area contributed by atoms with Crippen molar-refractivity contribution in [3.8, 4) is 0 Å². The van der Waals surface area contributed by atoms with Crippen LogP contribution in [0.2, 0.25) is 0 Å². The minimum Gasteiger partial charge on any atom is -0.368 e. The Morgan fingerprint density at radius 2 is 0.711 bits per heavy atom. The first-order chi connectivity index (χ1) is 18.9. The van der Waals surface area contributed by atoms with Crippen molar-refractivity contribution in [2.45, 2.75) is 30.8 Å². The first-order valence-corrected chi connectivity index (χ1v) is 24.4. The first kappa shape index (κ1) is 50.5. The molecule has 26 nitrogen and oxygen atoms in total. The highest BCUT2D eigenvalue weighted by Crippen LogP contribution is 2.68. The summed E-state index contributed by atoms with van der Waals surface area (Å²) < 4.78 is 85.4. The van der Waals surface area contributed by atoms with Crippen LogP contribution < -0.4 is 0 Å². The van der Waals surface area contributed by atoms with Gasteiger partial charge in [-0.1, -0.05) is 0 Å². The summed E-state index contributed by atoms with van der Waals surface area (Å²) in [7, 11) is -38.9. The Morgan fingerprint density at radius 3 is 0.822 bits per heavy atom. The zero-order valence-electron chi connectivity index (χ0n) is 23.0. The van der Waals surface area contributed by atoms with E-state index in [1.54, 1.807) is 0 Å². The summed E-state index contributed by atoms with van der Waals surface area (Å²) in [6.45, 7) is 1.31. The van der Waals surface area contributed by atoms with Gasteiger partial charge >= 0.3 is 60.8 Å². The molecule has 0 aromatic rings. The molecule has 0 fully saturated rings. The molecule has 0 rings (SSSR count). The highest BCUT2D eigenvalue weighted by molar-refractivity contribution is 7.72. The Bertz CT molecular complexity index is 1140. The van der Waals surface area contributed by atoms with E-state index in [0.717, 1.165) is 13.8 Å². The topological polar surface area (TPSA) is 484 Å². The van der Waals surface area contributed by atoms with Crippen LogP contribution in [0.4, 0.5) is 0 Å². The van der Waals surface area contributed by atoms with E-state index in [-0.39, 0.29) is 0 Å². The fourth-order valence-corrected chi connectivity index (χ4v) is 8.62. The molecule has 17 N–H and O–H groups in total. The van der Waals surface area contributed by atoms with Gasteiger partial charge in [0, 0.05) is 6.54 Å². The molecule has 0 aromatic heterocycles. The van der Waals surface area contributed by atoms with Gasteiger partial charge in [0.1, 0.15) is 12.6 Å². The summed E-state index contributed by atoms with van der Waals surface area (Å²) in [6, 6.07) is 0. The fourth-order valence-electron chi connectivity index (χ4n) is 2.23. The summed E-state index contributed by atoms with van der Waals surface area (Å²) in [5.41, 5.74) is 0. The van der Waals surface area contributed by atoms with Crippen molar-refractivity contribution in [1.29, 1.82) is 0 Å². The largest absolute Gasteiger partial charge is 0.369 e. The van der Waals surface area contributed by atoms with Gasteiger partial charge in [-0.2, -0.15) is 0 Å². The van der Waals surface area contributed by atoms with Crippen LogP contribution in [0.1, 0.15) is 20.8 Å². The molecule has 45 heavy (non-hydrogen) atoms. The molecule has 0 spiro atoms. The average Bonchev–Trinajstić information content (AvgIpc) is 2.59. The lowest BCUT2D eigenvalue weighted by atomic mass is 10.2. The summed E-state index contributed by atoms with van der Waals surface area (Å²) in [6.07, 6.45) is -4.32. The average molecular weight is 831 g/mol. The minimum absolute atomic E-state index is 0.383. The summed E-state index contributed by atoms with van der Waals surface area (Å²) >= 11 is 0. The van der Waals surface area contributed by atoms with Crippen molar-refractivity contribution >= 4 is 60.8 Å². The normalized spacial score (nSPS) is 14.9. The van der Waals surface area contributed by atoms with Gasteiger partial charge in [-0.25, -0.2) is 0 Å². The van der Waals surface area contributed by atoms with Crippen molar-refractivity contribution in [1.82, 2.24) is 4.90 Å². The van der Waals surface area contributed by atoms with Crippen LogP contribution in [0.15, 0.2) is 0 Å². The maximum atomic E-state index is 11.0. The second-order valence-electron chi connectivity index (χ2n) is 9.67. The van der Waals surface area contributed by atoms with E-state index < -0.39 is 108 Å². The van der Waals surface area contributed by atoms with Gasteiger partial charge in [-0.05, 0) is 26.7 Å². The van der Waals surface area contributed by atoms with Gasteiger partial charge in [0.2, 0.25) is 0 Å². The number of rotatable bonds is 14. The molecule has 0 saturated heterocycles. The lowest BCUT2D eigenvalue weighted by Crippen LogP contribution is -2.34. The molecular formula is C11H37NO25P8. The second-order valence-corrected chi connectivity index (χ2v) is 25.3. The van der Waals surface area contributed by atoms with Crippen LogP contribution in [-0.2, 0) is 36.5 Å². The lowest BCUT2D eigenvalue weighted by Gasteiger charge is -2.28. The van der Waals surface area contributed by atoms with Crippen LogP contribution in [0, 0.1) is 5.92 Å². The predicted octanol–water partition coefficient (Wildman–Crippen LogP) is -2.38. The first-order valence-electron chi connectivity index (χ1n) is 10.7. The van der Waals surface area contributed by atoms with Crippen molar-refractivity contribution in [3.63, 3.8) is 0 Å². The zero-order chi connectivity index (χ0) is 37.7. The lowest BCUT2D eigenvalue weighted by molar-refractivity contribution is 0.146. The van der Waals surface area contributed by atoms with Crippen molar-refractivity contribution in [3.05, 3.63) is 0 Å². The molecule has 0 aliphatic heterocycles. The zero-order valence-corrected chi connectivity index (χ0v) is 30.2. The van der Waals surface area contributed by atoms with Crippen LogP contribution in [-0.4, -0.2) is 130 Å². The third-order valence-electron chi connectivity index (χ3n) is 4.81. The van der Waals surface area contributed by atoms with Gasteiger partial charge in [0.25, 0.3) is 5.08 Å². The van der Waals surface area contributed by atoms with Crippen molar-refractivity contribution in [2.24, 2.45) is 5.92 Å². The molecular weight excluding hydrogens is 794 g/mol. The van der Waals surface area contributed by atoms with E-state index in [0.29, 0.717) is 11.8 Å². The quantitative estimate of drug-likeness (QED) is 0.0812. The molecule has 0 heterocycles.